The average Bonchev–Trinajstić information content (AvgIpc) is 3.28. The number of aliphatic hydroxyl groups excluding tert-OH is 1. The van der Waals surface area contributed by atoms with E-state index in [0.717, 1.165) is 70.6 Å². The monoisotopic (exact) mass is 869 g/mol. The highest BCUT2D eigenvalue weighted by Gasteiger charge is 2.16. The van der Waals surface area contributed by atoms with Gasteiger partial charge in [-0.05, 0) is 51.4 Å². The van der Waals surface area contributed by atoms with Crippen LogP contribution in [0.5, 0.6) is 0 Å². The molecule has 0 aliphatic heterocycles. The van der Waals surface area contributed by atoms with Gasteiger partial charge in [0.2, 0.25) is 0 Å². The smallest absolute Gasteiger partial charge is 0.306 e. The number of hydrogen-bond donors (Lipinski definition) is 1. The predicted molar refractivity (Wildman–Crippen MR) is 270 cm³/mol. The van der Waals surface area contributed by atoms with Gasteiger partial charge < -0.3 is 14.6 Å². The van der Waals surface area contributed by atoms with Gasteiger partial charge in [0, 0.05) is 12.8 Å². The molecule has 0 heterocycles. The SMILES string of the molecule is CC/C=C\C/C=C\C/C=C\C/C=C\CCCCCCCCC(=O)OC(CO)COC(=O)CCCCCCCCCCCCCCCCCCCCCCCCCCCCCCC. The van der Waals surface area contributed by atoms with Crippen LogP contribution in [0.2, 0.25) is 0 Å². The summed E-state index contributed by atoms with van der Waals surface area (Å²) in [6.07, 6.45) is 69.4. The van der Waals surface area contributed by atoms with E-state index >= 15 is 0 Å². The second-order valence-corrected chi connectivity index (χ2v) is 18.3. The summed E-state index contributed by atoms with van der Waals surface area (Å²) in [4.78, 5) is 24.5. The molecule has 0 saturated carbocycles. The third kappa shape index (κ3) is 50.5. The molecule has 0 bridgehead atoms. The number of aliphatic hydroxyl groups is 1. The van der Waals surface area contributed by atoms with E-state index in [2.05, 4.69) is 62.5 Å². The van der Waals surface area contributed by atoms with Gasteiger partial charge in [0.05, 0.1) is 6.61 Å². The van der Waals surface area contributed by atoms with Gasteiger partial charge in [-0.3, -0.25) is 9.59 Å². The number of unbranched alkanes of at least 4 members (excludes halogenated alkanes) is 34. The summed E-state index contributed by atoms with van der Waals surface area (Å²) >= 11 is 0. The van der Waals surface area contributed by atoms with Crippen LogP contribution in [-0.2, 0) is 19.1 Å². The van der Waals surface area contributed by atoms with Crippen molar-refractivity contribution in [1.29, 1.82) is 0 Å². The maximum Gasteiger partial charge on any atom is 0.306 e. The number of allylic oxidation sites excluding steroid dienone is 8. The van der Waals surface area contributed by atoms with Crippen LogP contribution in [0.4, 0.5) is 0 Å². The first-order chi connectivity index (χ1) is 30.6. The van der Waals surface area contributed by atoms with E-state index in [1.165, 1.54) is 186 Å². The van der Waals surface area contributed by atoms with Gasteiger partial charge in [0.15, 0.2) is 6.10 Å². The van der Waals surface area contributed by atoms with Crippen molar-refractivity contribution in [1.82, 2.24) is 0 Å². The van der Waals surface area contributed by atoms with Gasteiger partial charge in [-0.15, -0.1) is 0 Å². The van der Waals surface area contributed by atoms with E-state index < -0.39 is 6.10 Å². The summed E-state index contributed by atoms with van der Waals surface area (Å²) in [6.45, 7) is 4.05. The van der Waals surface area contributed by atoms with Crippen molar-refractivity contribution in [3.63, 3.8) is 0 Å². The van der Waals surface area contributed by atoms with Crippen LogP contribution in [0.15, 0.2) is 48.6 Å². The molecule has 0 spiro atoms. The molecule has 0 radical (unpaired) electrons. The maximum absolute atomic E-state index is 12.3. The van der Waals surface area contributed by atoms with Crippen LogP contribution in [0, 0.1) is 0 Å². The van der Waals surface area contributed by atoms with Crippen LogP contribution < -0.4 is 0 Å². The molecule has 1 N–H and O–H groups in total. The Labute approximate surface area is 386 Å². The molecule has 0 aromatic heterocycles. The minimum atomic E-state index is -0.779. The Balaban J connectivity index is 3.44. The van der Waals surface area contributed by atoms with E-state index in [1.54, 1.807) is 0 Å². The van der Waals surface area contributed by atoms with E-state index in [9.17, 15) is 14.7 Å². The van der Waals surface area contributed by atoms with Crippen molar-refractivity contribution < 1.29 is 24.2 Å². The molecule has 0 saturated heterocycles. The van der Waals surface area contributed by atoms with Crippen molar-refractivity contribution in [3.05, 3.63) is 48.6 Å². The van der Waals surface area contributed by atoms with Crippen LogP contribution in [0.25, 0.3) is 0 Å². The first kappa shape index (κ1) is 59.9. The van der Waals surface area contributed by atoms with Crippen molar-refractivity contribution in [2.45, 2.75) is 290 Å². The third-order valence-corrected chi connectivity index (χ3v) is 12.1. The Morgan fingerprint density at radius 1 is 0.387 bits per heavy atom. The topological polar surface area (TPSA) is 72.8 Å². The number of carbonyl (C=O) groups excluding carboxylic acids is 2. The molecule has 0 amide bonds. The molecule has 362 valence electrons. The second kappa shape index (κ2) is 53.2. The zero-order valence-corrected chi connectivity index (χ0v) is 41.4. The minimum absolute atomic E-state index is 0.0695. The summed E-state index contributed by atoms with van der Waals surface area (Å²) in [5.74, 6) is -0.596. The summed E-state index contributed by atoms with van der Waals surface area (Å²) in [6, 6.07) is 0. The van der Waals surface area contributed by atoms with Crippen molar-refractivity contribution in [2.24, 2.45) is 0 Å². The highest BCUT2D eigenvalue weighted by atomic mass is 16.6. The minimum Gasteiger partial charge on any atom is -0.462 e. The van der Waals surface area contributed by atoms with Crippen molar-refractivity contribution in [3.8, 4) is 0 Å². The quantitative estimate of drug-likeness (QED) is 0.0375. The number of rotatable bonds is 50. The molecular formula is C57H104O5. The third-order valence-electron chi connectivity index (χ3n) is 12.1. The van der Waals surface area contributed by atoms with E-state index in [4.69, 9.17) is 9.47 Å². The molecule has 0 aromatic rings. The van der Waals surface area contributed by atoms with Crippen LogP contribution in [-0.4, -0.2) is 36.4 Å². The van der Waals surface area contributed by atoms with Gasteiger partial charge in [0.25, 0.3) is 0 Å². The van der Waals surface area contributed by atoms with Crippen molar-refractivity contribution in [2.75, 3.05) is 13.2 Å². The molecule has 0 aromatic carbocycles. The van der Waals surface area contributed by atoms with Crippen LogP contribution in [0.1, 0.15) is 284 Å². The van der Waals surface area contributed by atoms with Gasteiger partial charge in [0.1, 0.15) is 6.61 Å². The van der Waals surface area contributed by atoms with Gasteiger partial charge in [-0.2, -0.15) is 0 Å². The highest BCUT2D eigenvalue weighted by Crippen LogP contribution is 2.17. The Bertz CT molecular complexity index is 1030. The number of ether oxygens (including phenoxy) is 2. The Morgan fingerprint density at radius 3 is 1.05 bits per heavy atom. The Hall–Kier alpha value is -2.14. The lowest BCUT2D eigenvalue weighted by molar-refractivity contribution is -0.161. The fourth-order valence-corrected chi connectivity index (χ4v) is 8.08. The zero-order chi connectivity index (χ0) is 44.9. The lowest BCUT2D eigenvalue weighted by Gasteiger charge is -2.15. The average molecular weight is 869 g/mol. The number of hydrogen-bond acceptors (Lipinski definition) is 5. The Morgan fingerprint density at radius 2 is 0.694 bits per heavy atom. The predicted octanol–water partition coefficient (Wildman–Crippen LogP) is 18.1. The maximum atomic E-state index is 12.3. The largest absolute Gasteiger partial charge is 0.462 e. The van der Waals surface area contributed by atoms with Crippen LogP contribution >= 0.6 is 0 Å². The number of carbonyl (C=O) groups is 2. The zero-order valence-electron chi connectivity index (χ0n) is 41.4. The molecule has 5 nitrogen and oxygen atoms in total. The molecule has 62 heavy (non-hydrogen) atoms. The molecule has 0 aliphatic carbocycles. The van der Waals surface area contributed by atoms with E-state index in [0.29, 0.717) is 12.8 Å². The molecule has 0 fully saturated rings. The molecule has 0 rings (SSSR count). The van der Waals surface area contributed by atoms with Gasteiger partial charge in [-0.25, -0.2) is 0 Å². The molecule has 5 heteroatoms. The van der Waals surface area contributed by atoms with E-state index in [-0.39, 0.29) is 25.2 Å². The summed E-state index contributed by atoms with van der Waals surface area (Å²) in [7, 11) is 0. The van der Waals surface area contributed by atoms with Gasteiger partial charge >= 0.3 is 11.9 Å². The summed E-state index contributed by atoms with van der Waals surface area (Å²) in [5, 5.41) is 9.63. The first-order valence-electron chi connectivity index (χ1n) is 27.2. The molecular weight excluding hydrogens is 765 g/mol. The lowest BCUT2D eigenvalue weighted by Crippen LogP contribution is -2.28. The fraction of sp³-hybridized carbons (Fsp3) is 0.825. The summed E-state index contributed by atoms with van der Waals surface area (Å²) in [5.41, 5.74) is 0. The van der Waals surface area contributed by atoms with E-state index in [1.807, 2.05) is 0 Å². The second-order valence-electron chi connectivity index (χ2n) is 18.3. The standard InChI is InChI=1S/C57H104O5/c1-3-5-7-9-11-13-15-17-19-21-23-24-25-26-27-28-29-30-31-32-34-35-37-39-41-43-45-47-49-51-56(59)61-54-55(53-58)62-57(60)52-50-48-46-44-42-40-38-36-33-22-20-18-16-14-12-10-8-6-4-2/h6,8,12,14,18,20,33,36,55,58H,3-5,7,9-11,13,15-17,19,21-32,34-35,37-54H2,1-2H3/b8-6-,14-12-,20-18-,36-33-. The normalized spacial score (nSPS) is 12.5. The summed E-state index contributed by atoms with van der Waals surface area (Å²) < 4.78 is 10.7. The van der Waals surface area contributed by atoms with Crippen molar-refractivity contribution >= 4 is 11.9 Å². The number of esters is 2. The van der Waals surface area contributed by atoms with Crippen LogP contribution in [0.3, 0.4) is 0 Å². The molecule has 0 aliphatic rings. The molecule has 1 atom stereocenters. The molecule has 1 unspecified atom stereocenters. The lowest BCUT2D eigenvalue weighted by atomic mass is 10.0. The Kier molecular flexibility index (Phi) is 51.4. The van der Waals surface area contributed by atoms with Gasteiger partial charge in [-0.1, -0.05) is 268 Å². The highest BCUT2D eigenvalue weighted by molar-refractivity contribution is 5.70. The fourth-order valence-electron chi connectivity index (χ4n) is 8.08. The first-order valence-corrected chi connectivity index (χ1v) is 27.2.